The molecule has 1 unspecified atom stereocenters. The first-order chi connectivity index (χ1) is 10.4. The van der Waals surface area contributed by atoms with E-state index in [2.05, 4.69) is 42.8 Å². The fraction of sp³-hybridized carbons (Fsp3) is 0.750. The summed E-state index contributed by atoms with van der Waals surface area (Å²) in [6, 6.07) is 2.06. The number of H-pyrrole nitrogens is 1. The summed E-state index contributed by atoms with van der Waals surface area (Å²) < 4.78 is 0. The summed E-state index contributed by atoms with van der Waals surface area (Å²) >= 11 is 0. The summed E-state index contributed by atoms with van der Waals surface area (Å²) in [6.45, 7) is 11.5. The molecule has 1 amide bonds. The summed E-state index contributed by atoms with van der Waals surface area (Å²) in [5.41, 5.74) is 1.42. The van der Waals surface area contributed by atoms with E-state index in [1.165, 1.54) is 0 Å². The molecular formula is C16H28N4O2. The number of nitrogens with zero attached hydrogens (tertiary/aromatic N) is 3. The third-order valence-corrected chi connectivity index (χ3v) is 4.40. The highest BCUT2D eigenvalue weighted by atomic mass is 16.3. The van der Waals surface area contributed by atoms with Gasteiger partial charge in [0.15, 0.2) is 0 Å². The number of amides is 1. The van der Waals surface area contributed by atoms with Gasteiger partial charge in [-0.1, -0.05) is 27.7 Å². The zero-order chi connectivity index (χ0) is 16.3. The molecule has 2 N–H and O–H groups in total. The van der Waals surface area contributed by atoms with Crippen LogP contribution in [-0.4, -0.2) is 69.8 Å². The van der Waals surface area contributed by atoms with Gasteiger partial charge in [-0.25, -0.2) is 0 Å². The Hall–Kier alpha value is -1.40. The van der Waals surface area contributed by atoms with Crippen molar-refractivity contribution in [3.8, 4) is 0 Å². The summed E-state index contributed by atoms with van der Waals surface area (Å²) in [4.78, 5) is 16.6. The van der Waals surface area contributed by atoms with Crippen molar-refractivity contribution in [3.63, 3.8) is 0 Å². The first-order valence-electron chi connectivity index (χ1n) is 8.07. The lowest BCUT2D eigenvalue weighted by Crippen LogP contribution is -2.52. The molecule has 1 aliphatic rings. The molecule has 0 spiro atoms. The molecule has 1 saturated heterocycles. The van der Waals surface area contributed by atoms with Crippen molar-refractivity contribution < 1.29 is 9.90 Å². The van der Waals surface area contributed by atoms with Crippen molar-refractivity contribution in [2.24, 2.45) is 0 Å². The number of nitrogens with one attached hydrogen (secondary N) is 1. The van der Waals surface area contributed by atoms with Gasteiger partial charge in [0.1, 0.15) is 5.69 Å². The molecule has 0 aliphatic carbocycles. The van der Waals surface area contributed by atoms with Crippen LogP contribution >= 0.6 is 0 Å². The van der Waals surface area contributed by atoms with E-state index in [-0.39, 0.29) is 24.0 Å². The zero-order valence-corrected chi connectivity index (χ0v) is 14.1. The second kappa shape index (κ2) is 6.79. The molecule has 0 saturated carbocycles. The molecule has 1 fully saturated rings. The smallest absolute Gasteiger partial charge is 0.274 e. The van der Waals surface area contributed by atoms with Gasteiger partial charge in [0.2, 0.25) is 0 Å². The quantitative estimate of drug-likeness (QED) is 0.878. The Morgan fingerprint density at radius 3 is 2.45 bits per heavy atom. The maximum Gasteiger partial charge on any atom is 0.274 e. The Labute approximate surface area is 132 Å². The van der Waals surface area contributed by atoms with Gasteiger partial charge < -0.3 is 10.0 Å². The molecule has 1 aromatic heterocycles. The number of carbonyl (C=O) groups excluding carboxylic acids is 1. The molecule has 22 heavy (non-hydrogen) atoms. The van der Waals surface area contributed by atoms with Crippen LogP contribution < -0.4 is 0 Å². The van der Waals surface area contributed by atoms with Gasteiger partial charge in [-0.2, -0.15) is 5.10 Å². The largest absolute Gasteiger partial charge is 0.395 e. The average molecular weight is 308 g/mol. The summed E-state index contributed by atoms with van der Waals surface area (Å²) in [5.74, 6) is -0.0107. The molecule has 1 aromatic rings. The third-order valence-electron chi connectivity index (χ3n) is 4.40. The summed E-state index contributed by atoms with van der Waals surface area (Å²) in [5, 5.41) is 16.5. The first kappa shape index (κ1) is 17.0. The lowest BCUT2D eigenvalue weighted by atomic mass is 9.92. The van der Waals surface area contributed by atoms with Gasteiger partial charge in [0.05, 0.1) is 6.61 Å². The topological polar surface area (TPSA) is 72.5 Å². The lowest BCUT2D eigenvalue weighted by molar-refractivity contribution is 0.0468. The molecule has 6 nitrogen and oxygen atoms in total. The molecule has 6 heteroatoms. The Morgan fingerprint density at radius 1 is 1.36 bits per heavy atom. The Kier molecular flexibility index (Phi) is 5.24. The highest BCUT2D eigenvalue weighted by Gasteiger charge is 2.27. The highest BCUT2D eigenvalue weighted by molar-refractivity contribution is 5.92. The van der Waals surface area contributed by atoms with E-state index in [1.54, 1.807) is 0 Å². The van der Waals surface area contributed by atoms with Crippen LogP contribution in [0.25, 0.3) is 0 Å². The molecule has 0 radical (unpaired) electrons. The molecule has 0 aromatic carbocycles. The van der Waals surface area contributed by atoms with E-state index in [0.717, 1.165) is 25.2 Å². The minimum atomic E-state index is -0.0420. The third kappa shape index (κ3) is 3.67. The van der Waals surface area contributed by atoms with Crippen LogP contribution in [0.3, 0.4) is 0 Å². The number of carbonyl (C=O) groups is 1. The van der Waals surface area contributed by atoms with E-state index in [0.29, 0.717) is 18.8 Å². The Morgan fingerprint density at radius 2 is 2.00 bits per heavy atom. The van der Waals surface area contributed by atoms with Crippen molar-refractivity contribution in [2.75, 3.05) is 32.8 Å². The molecule has 2 heterocycles. The lowest BCUT2D eigenvalue weighted by Gasteiger charge is -2.38. The molecule has 1 aliphatic heterocycles. The van der Waals surface area contributed by atoms with Gasteiger partial charge in [0.25, 0.3) is 5.91 Å². The highest BCUT2D eigenvalue weighted by Crippen LogP contribution is 2.21. The average Bonchev–Trinajstić information content (AvgIpc) is 2.98. The number of aromatic nitrogens is 2. The minimum absolute atomic E-state index is 0.0107. The summed E-state index contributed by atoms with van der Waals surface area (Å²) in [6.07, 6.45) is 0.929. The van der Waals surface area contributed by atoms with Crippen LogP contribution in [0.4, 0.5) is 0 Å². The molecule has 124 valence electrons. The van der Waals surface area contributed by atoms with Crippen LogP contribution in [0.5, 0.6) is 0 Å². The number of piperazine rings is 1. The van der Waals surface area contributed by atoms with Crippen molar-refractivity contribution >= 4 is 5.91 Å². The Bertz CT molecular complexity index is 494. The number of aliphatic hydroxyl groups excluding tert-OH is 1. The van der Waals surface area contributed by atoms with Crippen LogP contribution in [0.2, 0.25) is 0 Å². The van der Waals surface area contributed by atoms with Crippen molar-refractivity contribution in [1.82, 2.24) is 20.0 Å². The standard InChI is InChI=1S/C16H28N4O2/c1-5-12(11-21)19-6-8-20(9-7-19)15(22)13-10-14(18-17-13)16(2,3)4/h10,12,21H,5-9,11H2,1-4H3,(H,17,18). The minimum Gasteiger partial charge on any atom is -0.395 e. The second-order valence-corrected chi connectivity index (χ2v) is 6.99. The van der Waals surface area contributed by atoms with Crippen LogP contribution in [0.1, 0.15) is 50.3 Å². The fourth-order valence-electron chi connectivity index (χ4n) is 2.77. The maximum atomic E-state index is 12.5. The van der Waals surface area contributed by atoms with Crippen LogP contribution in [-0.2, 0) is 5.41 Å². The molecule has 0 bridgehead atoms. The van der Waals surface area contributed by atoms with Gasteiger partial charge in [0, 0.05) is 43.3 Å². The molecular weight excluding hydrogens is 280 g/mol. The first-order valence-corrected chi connectivity index (χ1v) is 8.07. The van der Waals surface area contributed by atoms with E-state index in [4.69, 9.17) is 0 Å². The van der Waals surface area contributed by atoms with E-state index in [1.807, 2.05) is 11.0 Å². The number of rotatable bonds is 4. The zero-order valence-electron chi connectivity index (χ0n) is 14.1. The summed E-state index contributed by atoms with van der Waals surface area (Å²) in [7, 11) is 0. The normalized spacial score (nSPS) is 18.5. The predicted molar refractivity (Wildman–Crippen MR) is 85.9 cm³/mol. The van der Waals surface area contributed by atoms with Gasteiger partial charge in [-0.15, -0.1) is 0 Å². The van der Waals surface area contributed by atoms with Crippen molar-refractivity contribution in [1.29, 1.82) is 0 Å². The molecule has 2 rings (SSSR count). The van der Waals surface area contributed by atoms with Gasteiger partial charge >= 0.3 is 0 Å². The van der Waals surface area contributed by atoms with Gasteiger partial charge in [-0.3, -0.25) is 14.8 Å². The monoisotopic (exact) mass is 308 g/mol. The molecule has 1 atom stereocenters. The van der Waals surface area contributed by atoms with Crippen molar-refractivity contribution in [3.05, 3.63) is 17.5 Å². The van der Waals surface area contributed by atoms with E-state index < -0.39 is 0 Å². The van der Waals surface area contributed by atoms with E-state index in [9.17, 15) is 9.90 Å². The Balaban J connectivity index is 1.96. The van der Waals surface area contributed by atoms with Crippen LogP contribution in [0.15, 0.2) is 6.07 Å². The fourth-order valence-corrected chi connectivity index (χ4v) is 2.77. The van der Waals surface area contributed by atoms with E-state index >= 15 is 0 Å². The number of aromatic amines is 1. The SMILES string of the molecule is CCC(CO)N1CCN(C(=O)c2cc(C(C)(C)C)[nH]n2)CC1. The second-order valence-electron chi connectivity index (χ2n) is 6.99. The predicted octanol–water partition coefficient (Wildman–Crippen LogP) is 1.24. The van der Waals surface area contributed by atoms with Crippen LogP contribution in [0, 0.1) is 0 Å². The maximum absolute atomic E-state index is 12.5. The number of aliphatic hydroxyl groups is 1. The van der Waals surface area contributed by atoms with Crippen molar-refractivity contribution in [2.45, 2.75) is 45.6 Å². The number of hydrogen-bond donors (Lipinski definition) is 2. The number of hydrogen-bond acceptors (Lipinski definition) is 4. The van der Waals surface area contributed by atoms with Gasteiger partial charge in [-0.05, 0) is 12.5 Å².